The number of fused-ring (bicyclic) bond motifs is 1. The number of rotatable bonds is 3. The third-order valence-corrected chi connectivity index (χ3v) is 4.07. The molecule has 1 aliphatic heterocycles. The molecule has 0 saturated carbocycles. The largest absolute Gasteiger partial charge is 0.355 e. The highest BCUT2D eigenvalue weighted by Gasteiger charge is 2.20. The number of aromatic amines is 1. The molecule has 0 unspecified atom stereocenters. The van der Waals surface area contributed by atoms with E-state index in [1.807, 2.05) is 29.2 Å². The number of nitrogens with zero attached hydrogens (tertiary/aromatic N) is 4. The number of benzene rings is 1. The molecule has 2 N–H and O–H groups in total. The van der Waals surface area contributed by atoms with Gasteiger partial charge in [0.1, 0.15) is 12.6 Å². The Morgan fingerprint density at radius 1 is 1.21 bits per heavy atom. The second-order valence-electron chi connectivity index (χ2n) is 5.49. The van der Waals surface area contributed by atoms with Crippen molar-refractivity contribution in [2.45, 2.75) is 12.8 Å². The first-order valence-electron chi connectivity index (χ1n) is 7.70. The van der Waals surface area contributed by atoms with E-state index >= 15 is 0 Å². The summed E-state index contributed by atoms with van der Waals surface area (Å²) in [4.78, 5) is 20.9. The van der Waals surface area contributed by atoms with Crippen molar-refractivity contribution in [3.8, 4) is 12.1 Å². The number of H-pyrrole nitrogens is 1. The van der Waals surface area contributed by atoms with E-state index in [-0.39, 0.29) is 18.1 Å². The lowest BCUT2D eigenvalue weighted by molar-refractivity contribution is 0.785. The van der Waals surface area contributed by atoms with Crippen molar-refractivity contribution in [2.24, 2.45) is 0 Å². The van der Waals surface area contributed by atoms with Crippen LogP contribution in [0.5, 0.6) is 0 Å². The molecule has 0 saturated heterocycles. The van der Waals surface area contributed by atoms with Crippen molar-refractivity contribution in [3.05, 3.63) is 51.3 Å². The fourth-order valence-corrected chi connectivity index (χ4v) is 2.88. The second-order valence-corrected chi connectivity index (χ2v) is 5.49. The summed E-state index contributed by atoms with van der Waals surface area (Å²) >= 11 is 0. The number of hydrogen-bond acceptors (Lipinski definition) is 6. The Kier molecular flexibility index (Phi) is 4.44. The summed E-state index contributed by atoms with van der Waals surface area (Å²) in [6, 6.07) is 12.1. The van der Waals surface area contributed by atoms with Gasteiger partial charge in [-0.3, -0.25) is 9.78 Å². The molecule has 0 aliphatic carbocycles. The average molecular weight is 320 g/mol. The molecule has 24 heavy (non-hydrogen) atoms. The monoisotopic (exact) mass is 320 g/mol. The van der Waals surface area contributed by atoms with E-state index in [0.717, 1.165) is 12.8 Å². The van der Waals surface area contributed by atoms with Crippen molar-refractivity contribution < 1.29 is 0 Å². The van der Waals surface area contributed by atoms with Gasteiger partial charge in [-0.1, -0.05) is 24.3 Å². The van der Waals surface area contributed by atoms with Gasteiger partial charge in [0.15, 0.2) is 11.4 Å². The number of aromatic nitrogens is 2. The molecule has 0 spiro atoms. The van der Waals surface area contributed by atoms with Crippen molar-refractivity contribution in [1.82, 2.24) is 9.97 Å². The molecule has 0 fully saturated rings. The fraction of sp³-hybridized carbons (Fsp3) is 0.294. The number of hydrogen-bond donors (Lipinski definition) is 2. The molecule has 0 bridgehead atoms. The van der Waals surface area contributed by atoms with Crippen molar-refractivity contribution >= 4 is 11.8 Å². The minimum absolute atomic E-state index is 0.00321. The lowest BCUT2D eigenvalue weighted by Crippen LogP contribution is -2.31. The van der Waals surface area contributed by atoms with Crippen LogP contribution >= 0.6 is 0 Å². The highest BCUT2D eigenvalue weighted by molar-refractivity contribution is 5.56. The lowest BCUT2D eigenvalue weighted by Gasteiger charge is -2.22. The normalized spacial score (nSPS) is 13.3. The number of anilines is 2. The van der Waals surface area contributed by atoms with E-state index < -0.39 is 5.56 Å². The Hall–Kier alpha value is -3.32. The summed E-state index contributed by atoms with van der Waals surface area (Å²) in [6.45, 7) is 1.39. The van der Waals surface area contributed by atoms with Crippen LogP contribution in [-0.2, 0) is 12.8 Å². The Labute approximate surface area is 139 Å². The van der Waals surface area contributed by atoms with Gasteiger partial charge in [0, 0.05) is 13.1 Å². The zero-order chi connectivity index (χ0) is 16.9. The van der Waals surface area contributed by atoms with Crippen molar-refractivity contribution in [1.29, 1.82) is 10.5 Å². The van der Waals surface area contributed by atoms with Gasteiger partial charge in [0.05, 0.1) is 6.07 Å². The Morgan fingerprint density at radius 3 is 2.46 bits per heavy atom. The molecular formula is C17H16N6O. The van der Waals surface area contributed by atoms with Crippen LogP contribution in [0.4, 0.5) is 11.8 Å². The van der Waals surface area contributed by atoms with E-state index in [1.165, 1.54) is 11.1 Å². The summed E-state index contributed by atoms with van der Waals surface area (Å²) in [5, 5.41) is 20.7. The molecule has 1 aromatic carbocycles. The third-order valence-electron chi connectivity index (χ3n) is 4.07. The molecule has 0 atom stereocenters. The van der Waals surface area contributed by atoms with E-state index in [9.17, 15) is 10.1 Å². The summed E-state index contributed by atoms with van der Waals surface area (Å²) in [5.74, 6) is 0.576. The van der Waals surface area contributed by atoms with Crippen molar-refractivity contribution in [2.75, 3.05) is 29.9 Å². The summed E-state index contributed by atoms with van der Waals surface area (Å²) in [6.07, 6.45) is 1.66. The zero-order valence-electron chi connectivity index (χ0n) is 13.0. The Morgan fingerprint density at radius 2 is 1.88 bits per heavy atom. The minimum atomic E-state index is -0.496. The first-order valence-corrected chi connectivity index (χ1v) is 7.70. The van der Waals surface area contributed by atoms with Gasteiger partial charge in [0.25, 0.3) is 5.56 Å². The second kappa shape index (κ2) is 6.84. The smallest absolute Gasteiger partial charge is 0.272 e. The third kappa shape index (κ3) is 3.06. The molecule has 1 aromatic heterocycles. The molecule has 3 rings (SSSR count). The van der Waals surface area contributed by atoms with Crippen LogP contribution in [0.1, 0.15) is 16.7 Å². The number of nitrogens with one attached hydrogen (secondary N) is 2. The SMILES string of the molecule is N#CCNc1nc(N2CCc3ccccc3CC2)c(C#N)c(=O)[nH]1. The number of nitriles is 2. The molecular weight excluding hydrogens is 304 g/mol. The van der Waals surface area contributed by atoms with Crippen LogP contribution in [-0.4, -0.2) is 29.6 Å². The highest BCUT2D eigenvalue weighted by atomic mass is 16.1. The first-order chi connectivity index (χ1) is 11.7. The van der Waals surface area contributed by atoms with Gasteiger partial charge in [-0.25, -0.2) is 0 Å². The van der Waals surface area contributed by atoms with E-state index in [0.29, 0.717) is 18.9 Å². The van der Waals surface area contributed by atoms with Crippen molar-refractivity contribution in [3.63, 3.8) is 0 Å². The van der Waals surface area contributed by atoms with Crippen LogP contribution in [0, 0.1) is 22.7 Å². The maximum Gasteiger partial charge on any atom is 0.272 e. The Bertz CT molecular complexity index is 862. The molecule has 0 radical (unpaired) electrons. The van der Waals surface area contributed by atoms with E-state index in [4.69, 9.17) is 5.26 Å². The quantitative estimate of drug-likeness (QED) is 0.822. The highest BCUT2D eigenvalue weighted by Crippen LogP contribution is 2.21. The van der Waals surface area contributed by atoms with E-state index in [2.05, 4.69) is 27.4 Å². The van der Waals surface area contributed by atoms with Gasteiger partial charge in [0.2, 0.25) is 5.95 Å². The molecule has 7 nitrogen and oxygen atoms in total. The molecule has 0 amide bonds. The summed E-state index contributed by atoms with van der Waals surface area (Å²) in [5.41, 5.74) is 2.07. The molecule has 2 heterocycles. The average Bonchev–Trinajstić information content (AvgIpc) is 2.82. The molecule has 2 aromatic rings. The van der Waals surface area contributed by atoms with Gasteiger partial charge >= 0.3 is 0 Å². The topological polar surface area (TPSA) is 109 Å². The molecule has 120 valence electrons. The zero-order valence-corrected chi connectivity index (χ0v) is 13.0. The molecule has 1 aliphatic rings. The first kappa shape index (κ1) is 15.6. The van der Waals surface area contributed by atoms with Crippen LogP contribution in [0.2, 0.25) is 0 Å². The van der Waals surface area contributed by atoms with Crippen LogP contribution in [0.25, 0.3) is 0 Å². The molecule has 7 heteroatoms. The summed E-state index contributed by atoms with van der Waals surface area (Å²) < 4.78 is 0. The van der Waals surface area contributed by atoms with Gasteiger partial charge < -0.3 is 10.2 Å². The summed E-state index contributed by atoms with van der Waals surface area (Å²) in [7, 11) is 0. The predicted octanol–water partition coefficient (Wildman–Crippen LogP) is 1.18. The maximum atomic E-state index is 12.1. The van der Waals surface area contributed by atoms with Gasteiger partial charge in [-0.05, 0) is 24.0 Å². The lowest BCUT2D eigenvalue weighted by atomic mass is 10.0. The standard InChI is InChI=1S/C17H16N6O/c18-7-8-20-17-21-15(14(11-19)16(24)22-17)23-9-5-12-3-1-2-4-13(12)6-10-23/h1-4H,5-6,8-10H2,(H2,20,21,22,24). The van der Waals surface area contributed by atoms with Crippen LogP contribution < -0.4 is 15.8 Å². The maximum absolute atomic E-state index is 12.1. The fourth-order valence-electron chi connectivity index (χ4n) is 2.88. The predicted molar refractivity (Wildman–Crippen MR) is 89.7 cm³/mol. The van der Waals surface area contributed by atoms with Gasteiger partial charge in [-0.2, -0.15) is 15.5 Å². The van der Waals surface area contributed by atoms with E-state index in [1.54, 1.807) is 0 Å². The van der Waals surface area contributed by atoms with Crippen LogP contribution in [0.15, 0.2) is 29.1 Å². The van der Waals surface area contributed by atoms with Gasteiger partial charge in [-0.15, -0.1) is 0 Å². The Balaban J connectivity index is 1.94. The minimum Gasteiger partial charge on any atom is -0.355 e. The van der Waals surface area contributed by atoms with Crippen LogP contribution in [0.3, 0.4) is 0 Å².